The highest BCUT2D eigenvalue weighted by Crippen LogP contribution is 2.09. The summed E-state index contributed by atoms with van der Waals surface area (Å²) in [5.74, 6) is 0.396. The number of nitrogens with two attached hydrogens (primary N) is 1. The van der Waals surface area contributed by atoms with Crippen LogP contribution in [0.15, 0.2) is 0 Å². The minimum atomic E-state index is -3.69. The minimum absolute atomic E-state index is 0.396. The van der Waals surface area contributed by atoms with E-state index < -0.39 is 10.2 Å². The van der Waals surface area contributed by atoms with Crippen LogP contribution in [0.4, 0.5) is 0 Å². The zero-order valence-electron chi connectivity index (χ0n) is 7.20. The molecule has 0 aliphatic heterocycles. The van der Waals surface area contributed by atoms with Crippen LogP contribution in [0.25, 0.3) is 0 Å². The highest BCUT2D eigenvalue weighted by Gasteiger charge is 2.15. The maximum atomic E-state index is 11.0. The standard InChI is InChI=1S/C6H11N3O2S/c1-4-5(2)9(6(3)8-4)12(7,10)11/h1-3H3,(H2,7,10,11). The van der Waals surface area contributed by atoms with Crippen molar-refractivity contribution in [2.24, 2.45) is 5.14 Å². The zero-order valence-corrected chi connectivity index (χ0v) is 8.01. The number of aromatic nitrogens is 2. The van der Waals surface area contributed by atoms with E-state index in [1.165, 1.54) is 0 Å². The van der Waals surface area contributed by atoms with E-state index in [0.717, 1.165) is 3.97 Å². The Labute approximate surface area is 71.4 Å². The highest BCUT2D eigenvalue weighted by molar-refractivity contribution is 7.87. The van der Waals surface area contributed by atoms with Crippen LogP contribution in [0.2, 0.25) is 0 Å². The summed E-state index contributed by atoms with van der Waals surface area (Å²) in [6, 6.07) is 0. The van der Waals surface area contributed by atoms with E-state index in [4.69, 9.17) is 5.14 Å². The average Bonchev–Trinajstić information content (AvgIpc) is 2.05. The first-order valence-electron chi connectivity index (χ1n) is 3.40. The van der Waals surface area contributed by atoms with Gasteiger partial charge in [-0.1, -0.05) is 0 Å². The predicted octanol–water partition coefficient (Wildman–Crippen LogP) is -0.140. The molecule has 68 valence electrons. The van der Waals surface area contributed by atoms with Crippen molar-refractivity contribution in [2.75, 3.05) is 0 Å². The molecule has 1 aromatic heterocycles. The molecule has 0 atom stereocenters. The fourth-order valence-corrected chi connectivity index (χ4v) is 2.06. The molecule has 5 nitrogen and oxygen atoms in total. The van der Waals surface area contributed by atoms with Crippen molar-refractivity contribution in [1.82, 2.24) is 8.96 Å². The van der Waals surface area contributed by atoms with Gasteiger partial charge in [-0.3, -0.25) is 0 Å². The number of imidazole rings is 1. The number of aryl methyl sites for hydroxylation is 2. The Morgan fingerprint density at radius 3 is 2.00 bits per heavy atom. The molecule has 0 aliphatic carbocycles. The second kappa shape index (κ2) is 2.56. The molecule has 6 heteroatoms. The summed E-state index contributed by atoms with van der Waals surface area (Å²) in [5, 5.41) is 4.97. The number of rotatable bonds is 1. The maximum absolute atomic E-state index is 11.0. The number of hydrogen-bond donors (Lipinski definition) is 1. The van der Waals surface area contributed by atoms with Crippen LogP contribution >= 0.6 is 0 Å². The second-order valence-corrected chi connectivity index (χ2v) is 4.03. The normalized spacial score (nSPS) is 12.0. The Kier molecular flexibility index (Phi) is 1.97. The Morgan fingerprint density at radius 2 is 1.83 bits per heavy atom. The molecule has 1 rings (SSSR count). The molecule has 0 saturated heterocycles. The van der Waals surface area contributed by atoms with Crippen molar-refractivity contribution in [1.29, 1.82) is 0 Å². The van der Waals surface area contributed by atoms with Gasteiger partial charge in [0.1, 0.15) is 5.82 Å². The third kappa shape index (κ3) is 1.35. The first-order valence-corrected chi connectivity index (χ1v) is 4.90. The lowest BCUT2D eigenvalue weighted by molar-refractivity contribution is 0.586. The third-order valence-electron chi connectivity index (χ3n) is 1.71. The summed E-state index contributed by atoms with van der Waals surface area (Å²) in [4.78, 5) is 3.98. The van der Waals surface area contributed by atoms with Crippen LogP contribution < -0.4 is 5.14 Å². The van der Waals surface area contributed by atoms with Gasteiger partial charge in [0.2, 0.25) is 0 Å². The summed E-state index contributed by atoms with van der Waals surface area (Å²) in [5.41, 5.74) is 1.25. The fraction of sp³-hybridized carbons (Fsp3) is 0.500. The summed E-state index contributed by atoms with van der Waals surface area (Å²) in [6.07, 6.45) is 0. The Bertz CT molecular complexity index is 405. The molecule has 0 bridgehead atoms. The van der Waals surface area contributed by atoms with Gasteiger partial charge in [-0.2, -0.15) is 8.42 Å². The van der Waals surface area contributed by atoms with Gasteiger partial charge in [0.25, 0.3) is 0 Å². The first-order chi connectivity index (χ1) is 5.34. The van der Waals surface area contributed by atoms with Crippen LogP contribution in [-0.2, 0) is 10.2 Å². The van der Waals surface area contributed by atoms with Crippen LogP contribution in [-0.4, -0.2) is 17.4 Å². The van der Waals surface area contributed by atoms with Gasteiger partial charge in [-0.25, -0.2) is 14.1 Å². The van der Waals surface area contributed by atoms with Crippen molar-refractivity contribution in [3.8, 4) is 0 Å². The molecular weight excluding hydrogens is 178 g/mol. The van der Waals surface area contributed by atoms with Crippen molar-refractivity contribution in [3.63, 3.8) is 0 Å². The van der Waals surface area contributed by atoms with Crippen LogP contribution in [0, 0.1) is 20.8 Å². The van der Waals surface area contributed by atoms with Crippen LogP contribution in [0.1, 0.15) is 17.2 Å². The lowest BCUT2D eigenvalue weighted by Crippen LogP contribution is -2.23. The molecular formula is C6H11N3O2S. The zero-order chi connectivity index (χ0) is 9.52. The van der Waals surface area contributed by atoms with Crippen molar-refractivity contribution >= 4 is 10.2 Å². The molecule has 0 aromatic carbocycles. The van der Waals surface area contributed by atoms with Gasteiger partial charge >= 0.3 is 10.2 Å². The van der Waals surface area contributed by atoms with Gasteiger partial charge in [0.15, 0.2) is 0 Å². The minimum Gasteiger partial charge on any atom is -0.237 e. The van der Waals surface area contributed by atoms with Gasteiger partial charge in [0, 0.05) is 0 Å². The third-order valence-corrected chi connectivity index (χ3v) is 2.75. The number of hydrogen-bond acceptors (Lipinski definition) is 3. The maximum Gasteiger partial charge on any atom is 0.304 e. The van der Waals surface area contributed by atoms with Gasteiger partial charge in [-0.05, 0) is 20.8 Å². The Morgan fingerprint density at radius 1 is 1.33 bits per heavy atom. The average molecular weight is 189 g/mol. The molecule has 0 radical (unpaired) electrons. The first kappa shape index (κ1) is 9.21. The van der Waals surface area contributed by atoms with E-state index >= 15 is 0 Å². The molecule has 2 N–H and O–H groups in total. The topological polar surface area (TPSA) is 78.0 Å². The predicted molar refractivity (Wildman–Crippen MR) is 44.9 cm³/mol. The van der Waals surface area contributed by atoms with E-state index in [-0.39, 0.29) is 0 Å². The van der Waals surface area contributed by atoms with Crippen molar-refractivity contribution < 1.29 is 8.42 Å². The van der Waals surface area contributed by atoms with E-state index in [0.29, 0.717) is 17.2 Å². The monoisotopic (exact) mass is 189 g/mol. The van der Waals surface area contributed by atoms with E-state index in [9.17, 15) is 8.42 Å². The van der Waals surface area contributed by atoms with Crippen LogP contribution in [0.5, 0.6) is 0 Å². The summed E-state index contributed by atoms with van der Waals surface area (Å²) >= 11 is 0. The lowest BCUT2D eigenvalue weighted by Gasteiger charge is -2.02. The van der Waals surface area contributed by atoms with Gasteiger partial charge in [0.05, 0.1) is 11.4 Å². The van der Waals surface area contributed by atoms with E-state index in [1.54, 1.807) is 20.8 Å². The quantitative estimate of drug-likeness (QED) is 0.667. The van der Waals surface area contributed by atoms with Gasteiger partial charge < -0.3 is 0 Å². The molecule has 0 unspecified atom stereocenters. The largest absolute Gasteiger partial charge is 0.304 e. The van der Waals surface area contributed by atoms with E-state index in [2.05, 4.69) is 4.98 Å². The molecule has 0 amide bonds. The molecule has 1 aromatic rings. The van der Waals surface area contributed by atoms with E-state index in [1.807, 2.05) is 0 Å². The Hall–Kier alpha value is -0.880. The number of nitrogens with zero attached hydrogens (tertiary/aromatic N) is 2. The fourth-order valence-electron chi connectivity index (χ4n) is 1.13. The van der Waals surface area contributed by atoms with Gasteiger partial charge in [-0.15, -0.1) is 0 Å². The van der Waals surface area contributed by atoms with Crippen molar-refractivity contribution in [2.45, 2.75) is 20.8 Å². The molecule has 12 heavy (non-hydrogen) atoms. The Balaban J connectivity index is 3.54. The highest BCUT2D eigenvalue weighted by atomic mass is 32.2. The molecule has 0 fully saturated rings. The van der Waals surface area contributed by atoms with Crippen molar-refractivity contribution in [3.05, 3.63) is 17.2 Å². The SMILES string of the molecule is Cc1nc(C)n(S(N)(=O)=O)c1C. The molecule has 0 aliphatic rings. The summed E-state index contributed by atoms with van der Waals surface area (Å²) < 4.78 is 23.0. The molecule has 0 spiro atoms. The molecule has 0 saturated carbocycles. The smallest absolute Gasteiger partial charge is 0.237 e. The summed E-state index contributed by atoms with van der Waals surface area (Å²) in [7, 11) is -3.69. The van der Waals surface area contributed by atoms with Crippen LogP contribution in [0.3, 0.4) is 0 Å². The summed E-state index contributed by atoms with van der Waals surface area (Å²) in [6.45, 7) is 5.01. The lowest BCUT2D eigenvalue weighted by atomic mass is 10.4. The molecule has 1 heterocycles. The second-order valence-electron chi connectivity index (χ2n) is 2.64.